The van der Waals surface area contributed by atoms with Crippen molar-refractivity contribution in [2.45, 2.75) is 69.7 Å². The van der Waals surface area contributed by atoms with Crippen LogP contribution in [0.15, 0.2) is 28.6 Å². The highest BCUT2D eigenvalue weighted by Crippen LogP contribution is 2.28. The first-order valence-electron chi connectivity index (χ1n) is 10.3. The van der Waals surface area contributed by atoms with Gasteiger partial charge in [-0.3, -0.25) is 9.78 Å². The molecule has 0 radical (unpaired) electrons. The molecule has 3 unspecified atom stereocenters. The van der Waals surface area contributed by atoms with Crippen LogP contribution in [-0.2, 0) is 6.54 Å². The maximum absolute atomic E-state index is 12.4. The fraction of sp³-hybridized carbons (Fsp3) is 0.650. The summed E-state index contributed by atoms with van der Waals surface area (Å²) in [5.74, 6) is 0.849. The summed E-state index contributed by atoms with van der Waals surface area (Å²) in [6.45, 7) is 2.66. The molecule has 0 bridgehead atoms. The van der Waals surface area contributed by atoms with Crippen LogP contribution in [0.3, 0.4) is 0 Å². The van der Waals surface area contributed by atoms with Gasteiger partial charge in [-0.15, -0.1) is 11.3 Å². The van der Waals surface area contributed by atoms with Crippen LogP contribution in [-0.4, -0.2) is 45.1 Å². The summed E-state index contributed by atoms with van der Waals surface area (Å²) in [6.07, 6.45) is 8.51. The zero-order valence-electron chi connectivity index (χ0n) is 16.2. The molecular weight excluding hydrogens is 374 g/mol. The number of nitrogens with one attached hydrogen (secondary N) is 1. The van der Waals surface area contributed by atoms with E-state index in [1.165, 1.54) is 16.0 Å². The number of hydrogen-bond donors (Lipinski definition) is 2. The van der Waals surface area contributed by atoms with Crippen molar-refractivity contribution in [1.29, 1.82) is 0 Å². The second-order valence-electron chi connectivity index (χ2n) is 7.84. The maximum atomic E-state index is 12.4. The molecule has 3 heterocycles. The highest BCUT2D eigenvalue weighted by molar-refractivity contribution is 7.09. The Balaban J connectivity index is 1.49. The summed E-state index contributed by atoms with van der Waals surface area (Å²) in [5.41, 5.74) is 1.74. The molecule has 2 fully saturated rings. The van der Waals surface area contributed by atoms with Crippen LogP contribution in [0.25, 0.3) is 0 Å². The number of anilines is 1. The molecule has 0 spiro atoms. The summed E-state index contributed by atoms with van der Waals surface area (Å²) in [7, 11) is 0. The molecule has 2 aliphatic rings. The number of nitrogens with zero attached hydrogens (tertiary/aromatic N) is 4. The number of thiazole rings is 1. The molecule has 1 saturated heterocycles. The van der Waals surface area contributed by atoms with Crippen LogP contribution in [0.5, 0.6) is 0 Å². The normalized spacial score (nSPS) is 25.8. The molecule has 2 aromatic heterocycles. The van der Waals surface area contributed by atoms with Crippen LogP contribution < -0.4 is 15.8 Å². The van der Waals surface area contributed by atoms with E-state index < -0.39 is 6.10 Å². The van der Waals surface area contributed by atoms with Gasteiger partial charge in [0, 0.05) is 42.8 Å². The van der Waals surface area contributed by atoms with Crippen molar-refractivity contribution in [2.24, 2.45) is 0 Å². The predicted octanol–water partition coefficient (Wildman–Crippen LogP) is 2.32. The molecule has 7 nitrogen and oxygen atoms in total. The Hall–Kier alpha value is -1.77. The topological polar surface area (TPSA) is 83.3 Å². The lowest BCUT2D eigenvalue weighted by molar-refractivity contribution is 0.0669. The third kappa shape index (κ3) is 4.45. The smallest absolute Gasteiger partial charge is 0.267 e. The number of piperidine rings is 1. The summed E-state index contributed by atoms with van der Waals surface area (Å²) in [5, 5.41) is 18.6. The van der Waals surface area contributed by atoms with Crippen molar-refractivity contribution in [2.75, 3.05) is 18.0 Å². The Morgan fingerprint density at radius 2 is 2.04 bits per heavy atom. The summed E-state index contributed by atoms with van der Waals surface area (Å²) in [6, 6.07) is 3.61. The standard InChI is InChI=1S/C20H29N5O2S/c26-18-7-2-1-6-17(18)25-20(27)9-8-19(23-25)24-10-4-3-5-15(24)11-21-12-16-13-22-14-28-16/h8-9,13-15,17-18,21,26H,1-7,10-12H2. The van der Waals surface area contributed by atoms with E-state index in [-0.39, 0.29) is 11.6 Å². The number of aliphatic hydroxyl groups is 1. The van der Waals surface area contributed by atoms with Crippen LogP contribution in [0, 0.1) is 0 Å². The average Bonchev–Trinajstić information content (AvgIpc) is 3.23. The monoisotopic (exact) mass is 403 g/mol. The summed E-state index contributed by atoms with van der Waals surface area (Å²) in [4.78, 5) is 20.1. The third-order valence-electron chi connectivity index (χ3n) is 5.90. The lowest BCUT2D eigenvalue weighted by Crippen LogP contribution is -2.47. The van der Waals surface area contributed by atoms with Crippen molar-refractivity contribution in [3.05, 3.63) is 39.1 Å². The van der Waals surface area contributed by atoms with Crippen LogP contribution in [0.4, 0.5) is 5.82 Å². The van der Waals surface area contributed by atoms with Crippen molar-refractivity contribution < 1.29 is 5.11 Å². The first kappa shape index (κ1) is 19.5. The van der Waals surface area contributed by atoms with Gasteiger partial charge in [0.05, 0.1) is 17.7 Å². The quantitative estimate of drug-likeness (QED) is 0.770. The molecule has 8 heteroatoms. The second kappa shape index (κ2) is 9.15. The number of aromatic nitrogens is 3. The van der Waals surface area contributed by atoms with E-state index in [9.17, 15) is 9.90 Å². The van der Waals surface area contributed by atoms with Gasteiger partial charge in [-0.25, -0.2) is 4.68 Å². The highest BCUT2D eigenvalue weighted by atomic mass is 32.1. The molecule has 152 valence electrons. The molecule has 1 aliphatic heterocycles. The minimum Gasteiger partial charge on any atom is -0.391 e. The number of hydrogen-bond acceptors (Lipinski definition) is 7. The molecule has 0 amide bonds. The average molecular weight is 404 g/mol. The van der Waals surface area contributed by atoms with E-state index in [4.69, 9.17) is 5.10 Å². The van der Waals surface area contributed by atoms with Gasteiger partial charge in [-0.1, -0.05) is 12.8 Å². The number of rotatable bonds is 6. The minimum atomic E-state index is -0.479. The predicted molar refractivity (Wildman–Crippen MR) is 111 cm³/mol. The van der Waals surface area contributed by atoms with Crippen molar-refractivity contribution >= 4 is 17.2 Å². The first-order valence-corrected chi connectivity index (χ1v) is 11.2. The Kier molecular flexibility index (Phi) is 6.39. The maximum Gasteiger partial charge on any atom is 0.267 e. The lowest BCUT2D eigenvalue weighted by Gasteiger charge is -2.37. The van der Waals surface area contributed by atoms with Gasteiger partial charge in [0.2, 0.25) is 0 Å². The highest BCUT2D eigenvalue weighted by Gasteiger charge is 2.28. The van der Waals surface area contributed by atoms with E-state index in [0.29, 0.717) is 6.04 Å². The molecule has 2 aromatic rings. The van der Waals surface area contributed by atoms with E-state index in [0.717, 1.165) is 64.0 Å². The van der Waals surface area contributed by atoms with E-state index in [2.05, 4.69) is 15.2 Å². The molecular formula is C20H29N5O2S. The van der Waals surface area contributed by atoms with E-state index >= 15 is 0 Å². The Morgan fingerprint density at radius 3 is 2.86 bits per heavy atom. The van der Waals surface area contributed by atoms with Crippen LogP contribution in [0.1, 0.15) is 55.9 Å². The minimum absolute atomic E-state index is 0.119. The molecule has 1 aliphatic carbocycles. The van der Waals surface area contributed by atoms with Crippen LogP contribution in [0.2, 0.25) is 0 Å². The molecule has 3 atom stereocenters. The number of aliphatic hydroxyl groups excluding tert-OH is 1. The molecule has 4 rings (SSSR count). The lowest BCUT2D eigenvalue weighted by atomic mass is 9.93. The van der Waals surface area contributed by atoms with E-state index in [1.807, 2.05) is 17.8 Å². The Bertz CT molecular complexity index is 809. The van der Waals surface area contributed by atoms with Gasteiger partial charge in [-0.05, 0) is 38.2 Å². The van der Waals surface area contributed by atoms with E-state index in [1.54, 1.807) is 17.4 Å². The van der Waals surface area contributed by atoms with Crippen molar-refractivity contribution in [3.63, 3.8) is 0 Å². The molecule has 0 aromatic carbocycles. The zero-order chi connectivity index (χ0) is 19.3. The molecule has 2 N–H and O–H groups in total. The zero-order valence-corrected chi connectivity index (χ0v) is 17.0. The Labute approximate surface area is 169 Å². The second-order valence-corrected chi connectivity index (χ2v) is 8.81. The van der Waals surface area contributed by atoms with Gasteiger partial charge in [-0.2, -0.15) is 5.10 Å². The SMILES string of the molecule is O=c1ccc(N2CCCCC2CNCc2cncs2)nn1C1CCCCC1O. The molecule has 28 heavy (non-hydrogen) atoms. The van der Waals surface area contributed by atoms with Gasteiger partial charge in [0.15, 0.2) is 0 Å². The first-order chi connectivity index (χ1) is 13.7. The largest absolute Gasteiger partial charge is 0.391 e. The van der Waals surface area contributed by atoms with Crippen molar-refractivity contribution in [1.82, 2.24) is 20.1 Å². The Morgan fingerprint density at radius 1 is 1.18 bits per heavy atom. The summed E-state index contributed by atoms with van der Waals surface area (Å²) >= 11 is 1.66. The van der Waals surface area contributed by atoms with Crippen LogP contribution >= 0.6 is 11.3 Å². The van der Waals surface area contributed by atoms with Gasteiger partial charge >= 0.3 is 0 Å². The van der Waals surface area contributed by atoms with Gasteiger partial charge < -0.3 is 15.3 Å². The fourth-order valence-electron chi connectivity index (χ4n) is 4.39. The van der Waals surface area contributed by atoms with Crippen molar-refractivity contribution in [3.8, 4) is 0 Å². The third-order valence-corrected chi connectivity index (χ3v) is 6.68. The fourth-order valence-corrected chi connectivity index (χ4v) is 4.95. The molecule has 1 saturated carbocycles. The van der Waals surface area contributed by atoms with Gasteiger partial charge in [0.25, 0.3) is 5.56 Å². The van der Waals surface area contributed by atoms with Gasteiger partial charge in [0.1, 0.15) is 5.82 Å². The summed E-state index contributed by atoms with van der Waals surface area (Å²) < 4.78 is 1.54.